The maximum Gasteiger partial charge on any atom is 0.177 e. The molecule has 28 heavy (non-hydrogen) atoms. The standard InChI is InChI=1S/C20H21BrN6O/c1-3-15-6-4-5-7-18(15)27-19(21)17(12-22-27)20-23-24-25-26(20)13-14-8-10-16(28-2)11-9-14/h4-12,24-25H,3,13H2,1-2H3. The molecule has 0 radical (unpaired) electrons. The Bertz CT molecular complexity index is 998. The molecule has 1 aliphatic rings. The van der Waals surface area contributed by atoms with Gasteiger partial charge < -0.3 is 4.74 Å². The zero-order valence-electron chi connectivity index (χ0n) is 15.7. The molecule has 8 heteroatoms. The third-order valence-electron chi connectivity index (χ3n) is 4.65. The number of para-hydroxylation sites is 1. The highest BCUT2D eigenvalue weighted by atomic mass is 79.9. The number of aromatic nitrogens is 2. The van der Waals surface area contributed by atoms with Gasteiger partial charge >= 0.3 is 0 Å². The first-order chi connectivity index (χ1) is 13.7. The molecule has 2 N–H and O–H groups in total. The average molecular weight is 441 g/mol. The van der Waals surface area contributed by atoms with Crippen LogP contribution in [0.5, 0.6) is 5.75 Å². The molecule has 0 bridgehead atoms. The summed E-state index contributed by atoms with van der Waals surface area (Å²) in [5.41, 5.74) is 10.2. The molecule has 0 saturated carbocycles. The second-order valence-corrected chi connectivity index (χ2v) is 7.09. The number of halogens is 1. The quantitative estimate of drug-likeness (QED) is 0.614. The van der Waals surface area contributed by atoms with E-state index in [4.69, 9.17) is 4.74 Å². The molecule has 7 nitrogen and oxygen atoms in total. The molecule has 1 aromatic heterocycles. The number of amidine groups is 1. The van der Waals surface area contributed by atoms with Gasteiger partial charge in [0.25, 0.3) is 0 Å². The lowest BCUT2D eigenvalue weighted by atomic mass is 10.1. The van der Waals surface area contributed by atoms with Crippen LogP contribution < -0.4 is 15.8 Å². The Hall–Kier alpha value is -2.84. The third kappa shape index (κ3) is 3.48. The molecular formula is C20H21BrN6O. The monoisotopic (exact) mass is 440 g/mol. The molecule has 0 atom stereocenters. The number of rotatable bonds is 6. The fraction of sp³-hybridized carbons (Fsp3) is 0.200. The van der Waals surface area contributed by atoms with Crippen LogP contribution >= 0.6 is 15.9 Å². The minimum absolute atomic E-state index is 0.638. The number of ether oxygens (including phenoxy) is 1. The number of nitrogens with zero attached hydrogens (tertiary/aromatic N) is 4. The highest BCUT2D eigenvalue weighted by Gasteiger charge is 2.24. The zero-order chi connectivity index (χ0) is 19.5. The fourth-order valence-electron chi connectivity index (χ4n) is 3.15. The van der Waals surface area contributed by atoms with Crippen LogP contribution in [-0.2, 0) is 13.0 Å². The van der Waals surface area contributed by atoms with E-state index in [1.54, 1.807) is 7.11 Å². The predicted octanol–water partition coefficient (Wildman–Crippen LogP) is 3.39. The van der Waals surface area contributed by atoms with E-state index in [1.807, 2.05) is 52.3 Å². The van der Waals surface area contributed by atoms with Crippen molar-refractivity contribution in [3.63, 3.8) is 0 Å². The number of nitrogens with one attached hydrogen (secondary N) is 2. The van der Waals surface area contributed by atoms with Crippen molar-refractivity contribution in [2.75, 3.05) is 7.11 Å². The number of hydrazine groups is 2. The van der Waals surface area contributed by atoms with E-state index >= 15 is 0 Å². The molecule has 2 aromatic carbocycles. The van der Waals surface area contributed by atoms with E-state index in [-0.39, 0.29) is 0 Å². The molecule has 144 valence electrons. The van der Waals surface area contributed by atoms with Crippen LogP contribution in [0.15, 0.2) is 64.4 Å². The maximum absolute atomic E-state index is 5.23. The molecule has 3 aromatic rings. The van der Waals surface area contributed by atoms with Crippen molar-refractivity contribution in [2.24, 2.45) is 5.10 Å². The van der Waals surface area contributed by atoms with Crippen LogP contribution in [0.2, 0.25) is 0 Å². The van der Waals surface area contributed by atoms with Gasteiger partial charge in [-0.25, -0.2) is 10.2 Å². The van der Waals surface area contributed by atoms with Crippen LogP contribution in [0.3, 0.4) is 0 Å². The summed E-state index contributed by atoms with van der Waals surface area (Å²) < 4.78 is 7.99. The largest absolute Gasteiger partial charge is 0.497 e. The highest BCUT2D eigenvalue weighted by Crippen LogP contribution is 2.25. The Morgan fingerprint density at radius 3 is 2.64 bits per heavy atom. The van der Waals surface area contributed by atoms with Gasteiger partial charge in [-0.1, -0.05) is 37.3 Å². The van der Waals surface area contributed by atoms with Crippen LogP contribution in [0, 0.1) is 0 Å². The van der Waals surface area contributed by atoms with E-state index in [1.165, 1.54) is 5.56 Å². The summed E-state index contributed by atoms with van der Waals surface area (Å²) in [4.78, 5) is 0. The van der Waals surface area contributed by atoms with Gasteiger partial charge in [0.1, 0.15) is 10.4 Å². The maximum atomic E-state index is 5.23. The van der Waals surface area contributed by atoms with Crippen LogP contribution in [0.4, 0.5) is 0 Å². The summed E-state index contributed by atoms with van der Waals surface area (Å²) in [6.07, 6.45) is 2.76. The lowest BCUT2D eigenvalue weighted by Gasteiger charge is -2.19. The highest BCUT2D eigenvalue weighted by molar-refractivity contribution is 9.10. The molecule has 1 aliphatic heterocycles. The summed E-state index contributed by atoms with van der Waals surface area (Å²) >= 11 is 3.71. The normalized spacial score (nSPS) is 13.4. The molecule has 2 heterocycles. The fourth-order valence-corrected chi connectivity index (χ4v) is 3.72. The van der Waals surface area contributed by atoms with Gasteiger partial charge in [-0.15, -0.1) is 10.6 Å². The first-order valence-corrected chi connectivity index (χ1v) is 9.81. The number of aryl methyl sites for hydroxylation is 1. The van der Waals surface area contributed by atoms with Crippen molar-refractivity contribution in [3.05, 3.63) is 76.0 Å². The van der Waals surface area contributed by atoms with Gasteiger partial charge in [-0.05, 0) is 51.7 Å². The van der Waals surface area contributed by atoms with Crippen molar-refractivity contribution in [1.82, 2.24) is 25.9 Å². The summed E-state index contributed by atoms with van der Waals surface area (Å²) in [6.45, 7) is 2.78. The molecule has 4 rings (SSSR count). The van der Waals surface area contributed by atoms with E-state index < -0.39 is 0 Å². The van der Waals surface area contributed by atoms with Crippen molar-refractivity contribution in [3.8, 4) is 11.4 Å². The van der Waals surface area contributed by atoms with Crippen LogP contribution in [0.25, 0.3) is 5.69 Å². The number of hydrogen-bond donors (Lipinski definition) is 2. The Morgan fingerprint density at radius 2 is 1.89 bits per heavy atom. The predicted molar refractivity (Wildman–Crippen MR) is 112 cm³/mol. The molecule has 0 aliphatic carbocycles. The van der Waals surface area contributed by atoms with Crippen molar-refractivity contribution in [1.29, 1.82) is 0 Å². The lowest BCUT2D eigenvalue weighted by molar-refractivity contribution is 0.288. The van der Waals surface area contributed by atoms with Crippen molar-refractivity contribution < 1.29 is 4.74 Å². The van der Waals surface area contributed by atoms with E-state index in [0.29, 0.717) is 6.54 Å². The number of hydrogen-bond acceptors (Lipinski definition) is 6. The Morgan fingerprint density at radius 1 is 1.11 bits per heavy atom. The van der Waals surface area contributed by atoms with Gasteiger partial charge in [0.2, 0.25) is 0 Å². The van der Waals surface area contributed by atoms with E-state index in [9.17, 15) is 0 Å². The minimum atomic E-state index is 0.638. The molecule has 0 spiro atoms. The molecular weight excluding hydrogens is 420 g/mol. The summed E-state index contributed by atoms with van der Waals surface area (Å²) in [5.74, 6) is 1.60. The Labute approximate surface area is 172 Å². The Balaban J connectivity index is 1.60. The summed E-state index contributed by atoms with van der Waals surface area (Å²) in [7, 11) is 1.66. The topological polar surface area (TPSA) is 66.7 Å². The third-order valence-corrected chi connectivity index (χ3v) is 5.42. The van der Waals surface area contributed by atoms with Gasteiger partial charge in [0.05, 0.1) is 31.1 Å². The van der Waals surface area contributed by atoms with Gasteiger partial charge in [-0.2, -0.15) is 5.10 Å². The molecule has 0 fully saturated rings. The second kappa shape index (κ2) is 8.04. The number of benzene rings is 2. The van der Waals surface area contributed by atoms with Crippen LogP contribution in [0.1, 0.15) is 23.6 Å². The minimum Gasteiger partial charge on any atom is -0.497 e. The first kappa shape index (κ1) is 18.5. The van der Waals surface area contributed by atoms with Crippen molar-refractivity contribution in [2.45, 2.75) is 19.9 Å². The first-order valence-electron chi connectivity index (χ1n) is 9.02. The summed E-state index contributed by atoms with van der Waals surface area (Å²) in [6, 6.07) is 16.2. The van der Waals surface area contributed by atoms with Gasteiger partial charge in [0.15, 0.2) is 5.84 Å². The molecule has 0 saturated heterocycles. The lowest BCUT2D eigenvalue weighted by Crippen LogP contribution is -2.40. The molecule has 0 unspecified atom stereocenters. The van der Waals surface area contributed by atoms with Crippen molar-refractivity contribution >= 4 is 21.8 Å². The number of hydrazone groups is 1. The van der Waals surface area contributed by atoms with Gasteiger partial charge in [0, 0.05) is 0 Å². The van der Waals surface area contributed by atoms with Gasteiger partial charge in [-0.3, -0.25) is 5.01 Å². The summed E-state index contributed by atoms with van der Waals surface area (Å²) in [5, 5.41) is 10.9. The van der Waals surface area contributed by atoms with E-state index in [0.717, 1.165) is 39.4 Å². The second-order valence-electron chi connectivity index (χ2n) is 6.34. The average Bonchev–Trinajstić information content (AvgIpc) is 3.34. The van der Waals surface area contributed by atoms with Crippen LogP contribution in [-0.4, -0.2) is 27.7 Å². The molecule has 0 amide bonds. The number of methoxy groups -OCH3 is 1. The SMILES string of the molecule is CCc1ccccc1-n1ncc(C2=NNNN2Cc2ccc(OC)cc2)c1Br. The smallest absolute Gasteiger partial charge is 0.177 e. The Kier molecular flexibility index (Phi) is 5.31. The van der Waals surface area contributed by atoms with E-state index in [2.05, 4.69) is 56.3 Å². The zero-order valence-corrected chi connectivity index (χ0v) is 17.3.